The van der Waals surface area contributed by atoms with Crippen LogP contribution >= 0.6 is 24.0 Å². The number of aryl methyl sites for hydroxylation is 1. The maximum Gasteiger partial charge on any atom is 0.267 e. The number of nitrogens with zero attached hydrogens (tertiary/aromatic N) is 4. The zero-order valence-electron chi connectivity index (χ0n) is 19.4. The molecule has 5 heterocycles. The van der Waals surface area contributed by atoms with Crippen molar-refractivity contribution in [3.63, 3.8) is 0 Å². The molecule has 3 saturated heterocycles. The van der Waals surface area contributed by atoms with Gasteiger partial charge in [-0.05, 0) is 50.3 Å². The number of ether oxygens (including phenoxy) is 1. The second-order valence-electron chi connectivity index (χ2n) is 9.13. The summed E-state index contributed by atoms with van der Waals surface area (Å²) >= 11 is 6.68. The van der Waals surface area contributed by atoms with Crippen molar-refractivity contribution in [1.29, 1.82) is 0 Å². The van der Waals surface area contributed by atoms with Crippen molar-refractivity contribution >= 4 is 57.7 Å². The molecular formula is C24H27N5O4S2. The second kappa shape index (κ2) is 9.71. The SMILES string of the molecule is Cc1cccn2c(=O)c(C=C3SC(=S)N(CC4CCCO4)C3=O)c(N3CCC(C(N)=O)CC3)nc12. The first-order valence-corrected chi connectivity index (χ1v) is 13.0. The number of thioether (sulfide) groups is 1. The lowest BCUT2D eigenvalue weighted by Crippen LogP contribution is -2.40. The molecule has 3 aliphatic heterocycles. The molecule has 1 atom stereocenters. The van der Waals surface area contributed by atoms with Crippen LogP contribution < -0.4 is 16.2 Å². The molecule has 3 aliphatic rings. The Hall–Kier alpha value is -2.76. The van der Waals surface area contributed by atoms with Crippen LogP contribution in [0.15, 0.2) is 28.0 Å². The first-order valence-electron chi connectivity index (χ1n) is 11.8. The standard InChI is InChI=1S/C24H27N5O4S2/c1-14-4-2-8-28-20(14)26-21(27-9-6-15(7-10-27)19(25)30)17(22(28)31)12-18-23(32)29(24(34)35-18)13-16-5-3-11-33-16/h2,4,8,12,15-16H,3,5-7,9-11,13H2,1H3,(H2,25,30). The monoisotopic (exact) mass is 513 g/mol. The van der Waals surface area contributed by atoms with Gasteiger partial charge in [-0.3, -0.25) is 23.7 Å². The minimum atomic E-state index is -0.304. The van der Waals surface area contributed by atoms with Crippen LogP contribution in [0.1, 0.15) is 36.8 Å². The van der Waals surface area contributed by atoms with E-state index in [1.165, 1.54) is 16.2 Å². The molecule has 2 aromatic heterocycles. The summed E-state index contributed by atoms with van der Waals surface area (Å²) in [7, 11) is 0. The van der Waals surface area contributed by atoms with Gasteiger partial charge in [-0.2, -0.15) is 0 Å². The van der Waals surface area contributed by atoms with Gasteiger partial charge in [-0.1, -0.05) is 30.0 Å². The molecule has 3 fully saturated rings. The van der Waals surface area contributed by atoms with Crippen LogP contribution in [0.4, 0.5) is 5.82 Å². The van der Waals surface area contributed by atoms with Crippen LogP contribution in [0.25, 0.3) is 11.7 Å². The van der Waals surface area contributed by atoms with Gasteiger partial charge in [0.15, 0.2) is 0 Å². The average molecular weight is 514 g/mol. The average Bonchev–Trinajstić information content (AvgIpc) is 3.45. The molecule has 0 aromatic carbocycles. The van der Waals surface area contributed by atoms with E-state index in [0.717, 1.165) is 18.4 Å². The van der Waals surface area contributed by atoms with E-state index >= 15 is 0 Å². The van der Waals surface area contributed by atoms with Crippen LogP contribution in [0, 0.1) is 12.8 Å². The van der Waals surface area contributed by atoms with Crippen LogP contribution in [0.2, 0.25) is 0 Å². The highest BCUT2D eigenvalue weighted by Gasteiger charge is 2.35. The quantitative estimate of drug-likeness (QED) is 0.478. The number of carbonyl (C=O) groups is 2. The fourth-order valence-corrected chi connectivity index (χ4v) is 6.08. The fourth-order valence-electron chi connectivity index (χ4n) is 4.82. The number of fused-ring (bicyclic) bond motifs is 1. The highest BCUT2D eigenvalue weighted by Crippen LogP contribution is 2.35. The number of rotatable bonds is 5. The number of pyridine rings is 1. The molecule has 0 saturated carbocycles. The van der Waals surface area contributed by atoms with Gasteiger partial charge in [0, 0.05) is 31.8 Å². The molecule has 5 rings (SSSR count). The Balaban J connectivity index is 1.54. The number of nitrogens with two attached hydrogens (primary N) is 1. The Morgan fingerprint density at radius 2 is 2.09 bits per heavy atom. The van der Waals surface area contributed by atoms with Crippen molar-refractivity contribution in [2.75, 3.05) is 31.1 Å². The second-order valence-corrected chi connectivity index (χ2v) is 10.8. The molecule has 9 nitrogen and oxygen atoms in total. The number of thiocarbonyl (C=S) groups is 1. The Morgan fingerprint density at radius 3 is 2.77 bits per heavy atom. The van der Waals surface area contributed by atoms with E-state index in [9.17, 15) is 14.4 Å². The van der Waals surface area contributed by atoms with E-state index in [0.29, 0.717) is 65.3 Å². The Kier molecular flexibility index (Phi) is 6.65. The molecule has 35 heavy (non-hydrogen) atoms. The molecule has 0 spiro atoms. The third-order valence-electron chi connectivity index (χ3n) is 6.82. The predicted molar refractivity (Wildman–Crippen MR) is 139 cm³/mol. The summed E-state index contributed by atoms with van der Waals surface area (Å²) in [5, 5.41) is 0. The van der Waals surface area contributed by atoms with Crippen LogP contribution in [-0.2, 0) is 14.3 Å². The Bertz CT molecular complexity index is 1290. The minimum Gasteiger partial charge on any atom is -0.376 e. The smallest absolute Gasteiger partial charge is 0.267 e. The van der Waals surface area contributed by atoms with E-state index < -0.39 is 0 Å². The lowest BCUT2D eigenvalue weighted by molar-refractivity contribution is -0.123. The normalized spacial score (nSPS) is 22.7. The molecule has 2 amide bonds. The number of hydrogen-bond donors (Lipinski definition) is 1. The number of aromatic nitrogens is 2. The van der Waals surface area contributed by atoms with E-state index in [1.807, 2.05) is 17.9 Å². The van der Waals surface area contributed by atoms with Gasteiger partial charge in [-0.15, -0.1) is 0 Å². The van der Waals surface area contributed by atoms with Crippen LogP contribution in [-0.4, -0.2) is 62.8 Å². The maximum absolute atomic E-state index is 13.6. The number of piperidine rings is 1. The Morgan fingerprint density at radius 1 is 1.31 bits per heavy atom. The van der Waals surface area contributed by atoms with Crippen molar-refractivity contribution in [2.45, 2.75) is 38.7 Å². The highest BCUT2D eigenvalue weighted by atomic mass is 32.2. The van der Waals surface area contributed by atoms with Gasteiger partial charge < -0.3 is 15.4 Å². The summed E-state index contributed by atoms with van der Waals surface area (Å²) in [5.74, 6) is -0.200. The first-order chi connectivity index (χ1) is 16.8. The van der Waals surface area contributed by atoms with Gasteiger partial charge in [0.05, 0.1) is 23.1 Å². The van der Waals surface area contributed by atoms with Gasteiger partial charge in [0.2, 0.25) is 5.91 Å². The van der Waals surface area contributed by atoms with Crippen LogP contribution in [0.3, 0.4) is 0 Å². The number of carbonyl (C=O) groups excluding carboxylic acids is 2. The molecule has 184 valence electrons. The van der Waals surface area contributed by atoms with Gasteiger partial charge >= 0.3 is 0 Å². The molecule has 11 heteroatoms. The summed E-state index contributed by atoms with van der Waals surface area (Å²) in [5.41, 5.74) is 7.02. The number of hydrogen-bond acceptors (Lipinski definition) is 8. The van der Waals surface area contributed by atoms with Crippen molar-refractivity contribution in [3.8, 4) is 0 Å². The van der Waals surface area contributed by atoms with E-state index in [2.05, 4.69) is 0 Å². The lowest BCUT2D eigenvalue weighted by Gasteiger charge is -2.32. The molecule has 2 N–H and O–H groups in total. The topological polar surface area (TPSA) is 110 Å². The molecular weight excluding hydrogens is 486 g/mol. The number of primary amides is 1. The van der Waals surface area contributed by atoms with Crippen molar-refractivity contribution in [2.24, 2.45) is 11.7 Å². The molecule has 0 aliphatic carbocycles. The van der Waals surface area contributed by atoms with E-state index in [4.69, 9.17) is 27.7 Å². The van der Waals surface area contributed by atoms with Gasteiger partial charge in [-0.25, -0.2) is 4.98 Å². The predicted octanol–water partition coefficient (Wildman–Crippen LogP) is 2.08. The molecule has 0 radical (unpaired) electrons. The summed E-state index contributed by atoms with van der Waals surface area (Å²) in [4.78, 5) is 47.4. The number of amides is 2. The van der Waals surface area contributed by atoms with Crippen molar-refractivity contribution in [1.82, 2.24) is 14.3 Å². The zero-order valence-corrected chi connectivity index (χ0v) is 21.1. The van der Waals surface area contributed by atoms with E-state index in [-0.39, 0.29) is 29.4 Å². The fraction of sp³-hybridized carbons (Fsp3) is 0.458. The zero-order chi connectivity index (χ0) is 24.7. The molecule has 1 unspecified atom stereocenters. The number of anilines is 1. The molecule has 2 aromatic rings. The maximum atomic E-state index is 13.6. The third-order valence-corrected chi connectivity index (χ3v) is 8.20. The van der Waals surface area contributed by atoms with E-state index in [1.54, 1.807) is 23.2 Å². The third kappa shape index (κ3) is 4.60. The van der Waals surface area contributed by atoms with Crippen LogP contribution in [0.5, 0.6) is 0 Å². The lowest BCUT2D eigenvalue weighted by atomic mass is 9.96. The molecule has 0 bridgehead atoms. The van der Waals surface area contributed by atoms with Gasteiger partial charge in [0.1, 0.15) is 15.8 Å². The first kappa shape index (κ1) is 24.0. The summed E-state index contributed by atoms with van der Waals surface area (Å²) < 4.78 is 7.65. The largest absolute Gasteiger partial charge is 0.376 e. The van der Waals surface area contributed by atoms with Gasteiger partial charge in [0.25, 0.3) is 11.5 Å². The Labute approximate surface area is 212 Å². The summed E-state index contributed by atoms with van der Waals surface area (Å²) in [6.07, 6.45) is 6.34. The van der Waals surface area contributed by atoms with Crippen molar-refractivity contribution < 1.29 is 14.3 Å². The highest BCUT2D eigenvalue weighted by molar-refractivity contribution is 8.26. The summed E-state index contributed by atoms with van der Waals surface area (Å²) in [6.45, 7) is 4.11. The minimum absolute atomic E-state index is 0.0186. The summed E-state index contributed by atoms with van der Waals surface area (Å²) in [6, 6.07) is 3.70. The van der Waals surface area contributed by atoms with Crippen molar-refractivity contribution in [3.05, 3.63) is 44.7 Å².